The fourth-order valence-electron chi connectivity index (χ4n) is 2.06. The van der Waals surface area contributed by atoms with Crippen molar-refractivity contribution in [2.45, 2.75) is 12.9 Å². The molecule has 80 valence electrons. The van der Waals surface area contributed by atoms with Crippen LogP contribution in [0.1, 0.15) is 11.1 Å². The largest absolute Gasteiger partial charge is 0.387 e. The maximum atomic E-state index is 5.98. The van der Waals surface area contributed by atoms with Gasteiger partial charge in [0.25, 0.3) is 0 Å². The van der Waals surface area contributed by atoms with E-state index >= 15 is 0 Å². The predicted molar refractivity (Wildman–Crippen MR) is 73.8 cm³/mol. The Morgan fingerprint density at radius 2 is 2.12 bits per heavy atom. The number of benzene rings is 1. The summed E-state index contributed by atoms with van der Waals surface area (Å²) in [5.41, 5.74) is 5.56. The van der Waals surface area contributed by atoms with Crippen molar-refractivity contribution in [3.63, 3.8) is 0 Å². The summed E-state index contributed by atoms with van der Waals surface area (Å²) in [6, 6.07) is 8.25. The first kappa shape index (κ1) is 11.4. The molecule has 1 N–H and O–H groups in total. The van der Waals surface area contributed by atoms with E-state index in [0.29, 0.717) is 5.75 Å². The van der Waals surface area contributed by atoms with Crippen LogP contribution >= 0.6 is 12.6 Å². The molecule has 1 aromatic carbocycles. The van der Waals surface area contributed by atoms with Crippen LogP contribution < -0.4 is 5.32 Å². The Balaban J connectivity index is 2.58. The highest BCUT2D eigenvalue weighted by Gasteiger charge is 2.24. The maximum Gasteiger partial charge on any atom is 0.105 e. The number of hydrogen-bond acceptors (Lipinski definition) is 2. The lowest BCUT2D eigenvalue weighted by Gasteiger charge is -2.09. The molecule has 1 unspecified atom stereocenters. The minimum atomic E-state index is -0.153. The molecule has 0 amide bonds. The summed E-state index contributed by atoms with van der Waals surface area (Å²) < 4.78 is 0. The molecule has 1 aliphatic heterocycles. The summed E-state index contributed by atoms with van der Waals surface area (Å²) in [4.78, 5) is 0. The number of nitrogens with one attached hydrogen (secondary N) is 1. The maximum absolute atomic E-state index is 5.98. The normalized spacial score (nSPS) is 20.1. The number of allylic oxidation sites excluding steroid dienone is 1. The zero-order valence-electron chi connectivity index (χ0n) is 9.33. The third kappa shape index (κ3) is 1.80. The van der Waals surface area contributed by atoms with Gasteiger partial charge in [-0.25, -0.2) is 0 Å². The van der Waals surface area contributed by atoms with Gasteiger partial charge in [-0.15, -0.1) is 0 Å². The van der Waals surface area contributed by atoms with Gasteiger partial charge in [-0.2, -0.15) is 12.6 Å². The molecule has 1 aromatic rings. The average Bonchev–Trinajstić information content (AvgIpc) is 2.54. The summed E-state index contributed by atoms with van der Waals surface area (Å²) >= 11 is 4.34. The number of aryl methyl sites for hydroxylation is 1. The summed E-state index contributed by atoms with van der Waals surface area (Å²) in [5, 5.41) is 3.15. The van der Waals surface area contributed by atoms with E-state index in [0.717, 1.165) is 16.8 Å². The highest BCUT2D eigenvalue weighted by Crippen LogP contribution is 2.33. The predicted octanol–water partition coefficient (Wildman–Crippen LogP) is 2.29. The smallest absolute Gasteiger partial charge is 0.105 e. The van der Waals surface area contributed by atoms with Crippen LogP contribution in [0.4, 0.5) is 0 Å². The van der Waals surface area contributed by atoms with Gasteiger partial charge >= 0.3 is 0 Å². The van der Waals surface area contributed by atoms with Crippen LogP contribution in [0.3, 0.4) is 0 Å². The fourth-order valence-corrected chi connectivity index (χ4v) is 2.42. The molecule has 3 heteroatoms. The van der Waals surface area contributed by atoms with Crippen molar-refractivity contribution in [1.82, 2.24) is 5.32 Å². The molecule has 0 aliphatic carbocycles. The monoisotopic (exact) mass is 227 g/mol. The summed E-state index contributed by atoms with van der Waals surface area (Å²) in [7, 11) is 5.98. The minimum Gasteiger partial charge on any atom is -0.387 e. The molecule has 0 bridgehead atoms. The van der Waals surface area contributed by atoms with Gasteiger partial charge in [0.05, 0.1) is 0 Å². The van der Waals surface area contributed by atoms with Gasteiger partial charge < -0.3 is 5.32 Å². The zero-order chi connectivity index (χ0) is 11.7. The Hall–Kier alpha value is -1.09. The molecular weight excluding hydrogens is 213 g/mol. The van der Waals surface area contributed by atoms with Crippen LogP contribution in [-0.4, -0.2) is 19.5 Å². The Bertz CT molecular complexity index is 465. The Labute approximate surface area is 103 Å². The molecule has 1 aliphatic rings. The van der Waals surface area contributed by atoms with Crippen LogP contribution in [0, 0.1) is 6.92 Å². The van der Waals surface area contributed by atoms with E-state index in [1.807, 2.05) is 12.1 Å². The van der Waals surface area contributed by atoms with Crippen LogP contribution in [0.15, 0.2) is 42.1 Å². The quantitative estimate of drug-likeness (QED) is 0.583. The van der Waals surface area contributed by atoms with Gasteiger partial charge in [-0.05, 0) is 23.6 Å². The third-order valence-electron chi connectivity index (χ3n) is 2.91. The lowest BCUT2D eigenvalue weighted by Crippen LogP contribution is -2.24. The molecule has 0 aromatic heterocycles. The number of thiol groups is 1. The van der Waals surface area contributed by atoms with Crippen molar-refractivity contribution in [2.75, 3.05) is 5.75 Å². The van der Waals surface area contributed by atoms with E-state index in [9.17, 15) is 0 Å². The van der Waals surface area contributed by atoms with Gasteiger partial charge in [0.1, 0.15) is 7.85 Å². The third-order valence-corrected chi connectivity index (χ3v) is 3.25. The molecular formula is C13H14BNS. The van der Waals surface area contributed by atoms with Crippen molar-refractivity contribution in [2.24, 2.45) is 0 Å². The minimum absolute atomic E-state index is 0.153. The Morgan fingerprint density at radius 1 is 1.44 bits per heavy atom. The molecule has 1 heterocycles. The lowest BCUT2D eigenvalue weighted by atomic mass is 9.87. The molecule has 2 rings (SSSR count). The van der Waals surface area contributed by atoms with Crippen LogP contribution in [0.25, 0.3) is 5.57 Å². The molecule has 1 nitrogen and oxygen atoms in total. The second-order valence-corrected chi connectivity index (χ2v) is 4.29. The van der Waals surface area contributed by atoms with Crippen molar-refractivity contribution in [3.05, 3.63) is 53.2 Å². The molecule has 0 saturated carbocycles. The first-order valence-corrected chi connectivity index (χ1v) is 5.89. The van der Waals surface area contributed by atoms with E-state index in [4.69, 9.17) is 7.85 Å². The Morgan fingerprint density at radius 3 is 2.75 bits per heavy atom. The molecule has 2 radical (unpaired) electrons. The molecule has 0 fully saturated rings. The van der Waals surface area contributed by atoms with Gasteiger partial charge in [0.2, 0.25) is 0 Å². The number of hydrogen-bond donors (Lipinski definition) is 2. The van der Waals surface area contributed by atoms with E-state index in [-0.39, 0.29) is 5.94 Å². The number of rotatable bonds is 2. The molecule has 1 atom stereocenters. The second-order valence-electron chi connectivity index (χ2n) is 3.97. The van der Waals surface area contributed by atoms with Gasteiger partial charge in [0.15, 0.2) is 0 Å². The lowest BCUT2D eigenvalue weighted by molar-refractivity contribution is 0.888. The average molecular weight is 227 g/mol. The topological polar surface area (TPSA) is 12.0 Å². The van der Waals surface area contributed by atoms with E-state index in [1.54, 1.807) is 0 Å². The fraction of sp³-hybridized carbons (Fsp3) is 0.231. The van der Waals surface area contributed by atoms with Crippen LogP contribution in [-0.2, 0) is 0 Å². The van der Waals surface area contributed by atoms with Gasteiger partial charge in [0, 0.05) is 23.0 Å². The summed E-state index contributed by atoms with van der Waals surface area (Å²) in [5.74, 6) is 0.497. The SMILES string of the molecule is [B]C1NC(=C)C(c2ccccc2C)=C1CS. The van der Waals surface area contributed by atoms with E-state index in [1.165, 1.54) is 11.1 Å². The van der Waals surface area contributed by atoms with E-state index in [2.05, 4.69) is 43.6 Å². The van der Waals surface area contributed by atoms with Crippen LogP contribution in [0.2, 0.25) is 0 Å². The highest BCUT2D eigenvalue weighted by atomic mass is 32.1. The summed E-state index contributed by atoms with van der Waals surface area (Å²) in [6.07, 6.45) is 0. The Kier molecular flexibility index (Phi) is 3.15. The second kappa shape index (κ2) is 4.42. The first-order chi connectivity index (χ1) is 7.65. The first-order valence-electron chi connectivity index (χ1n) is 5.26. The van der Waals surface area contributed by atoms with Crippen molar-refractivity contribution in [1.29, 1.82) is 0 Å². The van der Waals surface area contributed by atoms with Crippen molar-refractivity contribution >= 4 is 26.0 Å². The van der Waals surface area contributed by atoms with Gasteiger partial charge in [-0.3, -0.25) is 0 Å². The van der Waals surface area contributed by atoms with Crippen molar-refractivity contribution in [3.8, 4) is 0 Å². The highest BCUT2D eigenvalue weighted by molar-refractivity contribution is 7.80. The molecule has 0 spiro atoms. The standard InChI is InChI=1S/C13H14BNS/c1-8-5-3-4-6-10(8)12-9(2)15-13(14)11(12)7-16/h3-6,13,15-16H,2,7H2,1H3. The van der Waals surface area contributed by atoms with Crippen LogP contribution in [0.5, 0.6) is 0 Å². The summed E-state index contributed by atoms with van der Waals surface area (Å²) in [6.45, 7) is 6.11. The van der Waals surface area contributed by atoms with Gasteiger partial charge in [-0.1, -0.05) is 30.8 Å². The van der Waals surface area contributed by atoms with E-state index < -0.39 is 0 Å². The zero-order valence-corrected chi connectivity index (χ0v) is 10.2. The molecule has 0 saturated heterocycles. The molecule has 16 heavy (non-hydrogen) atoms. The van der Waals surface area contributed by atoms with Crippen molar-refractivity contribution < 1.29 is 0 Å².